The molecule has 3 aliphatic rings. The van der Waals surface area contributed by atoms with Gasteiger partial charge in [0.05, 0.1) is 0 Å². The third-order valence-corrected chi connectivity index (χ3v) is 6.11. The zero-order chi connectivity index (χ0) is 21.3. The normalized spacial score (nSPS) is 22.3. The Labute approximate surface area is 174 Å². The summed E-state index contributed by atoms with van der Waals surface area (Å²) >= 11 is 0. The van der Waals surface area contributed by atoms with E-state index in [-0.39, 0.29) is 24.7 Å². The Morgan fingerprint density at radius 1 is 1.13 bits per heavy atom. The summed E-state index contributed by atoms with van der Waals surface area (Å²) in [5.41, 5.74) is 2.58. The van der Waals surface area contributed by atoms with Crippen LogP contribution in [0.15, 0.2) is 18.2 Å². The smallest absolute Gasteiger partial charge is 0.303 e. The summed E-state index contributed by atoms with van der Waals surface area (Å²) in [6, 6.07) is 5.21. The largest absolute Gasteiger partial charge is 0.481 e. The monoisotopic (exact) mass is 414 g/mol. The molecule has 1 aromatic rings. The number of fused-ring (bicyclic) bond motifs is 1. The summed E-state index contributed by atoms with van der Waals surface area (Å²) in [4.78, 5) is 53.1. The minimum absolute atomic E-state index is 0.158. The van der Waals surface area contributed by atoms with E-state index in [4.69, 9.17) is 5.11 Å². The molecule has 0 saturated carbocycles. The van der Waals surface area contributed by atoms with Crippen LogP contribution >= 0.6 is 0 Å². The number of carboxylic acids is 1. The molecule has 4 rings (SSSR count). The van der Waals surface area contributed by atoms with E-state index < -0.39 is 17.9 Å². The molecule has 30 heavy (non-hydrogen) atoms. The highest BCUT2D eigenvalue weighted by Crippen LogP contribution is 2.30. The number of rotatable bonds is 6. The number of hydrogen-bond donors (Lipinski definition) is 2. The lowest BCUT2D eigenvalue weighted by Crippen LogP contribution is -2.52. The molecule has 2 N–H and O–H groups in total. The van der Waals surface area contributed by atoms with Gasteiger partial charge in [-0.25, -0.2) is 0 Å². The number of benzene rings is 1. The summed E-state index contributed by atoms with van der Waals surface area (Å²) in [7, 11) is 0. The van der Waals surface area contributed by atoms with Gasteiger partial charge in [0.2, 0.25) is 11.8 Å². The minimum Gasteiger partial charge on any atom is -0.481 e. The van der Waals surface area contributed by atoms with Crippen molar-refractivity contribution in [2.45, 2.75) is 38.3 Å². The molecule has 3 amide bonds. The zero-order valence-electron chi connectivity index (χ0n) is 16.8. The number of amides is 3. The first-order valence-corrected chi connectivity index (χ1v) is 10.4. The number of anilines is 1. The number of carboxylic acid groups (broad SMARTS) is 1. The zero-order valence-corrected chi connectivity index (χ0v) is 16.8. The van der Waals surface area contributed by atoms with Gasteiger partial charge in [0.1, 0.15) is 6.04 Å². The van der Waals surface area contributed by atoms with Crippen LogP contribution in [0.4, 0.5) is 5.69 Å². The summed E-state index contributed by atoms with van der Waals surface area (Å²) in [6.45, 7) is 4.60. The quantitative estimate of drug-likeness (QED) is 0.650. The molecule has 9 nitrogen and oxygen atoms in total. The number of piperazine rings is 1. The van der Waals surface area contributed by atoms with Crippen molar-refractivity contribution in [3.05, 3.63) is 29.3 Å². The van der Waals surface area contributed by atoms with Crippen LogP contribution in [0.25, 0.3) is 0 Å². The van der Waals surface area contributed by atoms with Crippen molar-refractivity contribution in [1.82, 2.24) is 15.1 Å². The number of carbonyl (C=O) groups is 4. The second-order valence-corrected chi connectivity index (χ2v) is 8.07. The van der Waals surface area contributed by atoms with Gasteiger partial charge >= 0.3 is 5.97 Å². The van der Waals surface area contributed by atoms with Crippen molar-refractivity contribution in [2.75, 3.05) is 37.6 Å². The number of aliphatic carboxylic acids is 1. The standard InChI is InChI=1S/C21H26N4O5/c26-18-6-5-17(20(29)22-18)25-13-14-12-15(3-4-16(14)21(25)30)24-10-8-23(9-11-24)7-1-2-19(27)28/h3-4,12,17H,1-2,5-11,13H2,(H,27,28)(H,22,26,29). The molecule has 1 atom stereocenters. The summed E-state index contributed by atoms with van der Waals surface area (Å²) in [5, 5.41) is 11.1. The number of imide groups is 1. The molecule has 1 aromatic carbocycles. The molecule has 9 heteroatoms. The lowest BCUT2D eigenvalue weighted by molar-refractivity contribution is -0.138. The predicted octanol–water partition coefficient (Wildman–Crippen LogP) is 0.434. The van der Waals surface area contributed by atoms with Gasteiger partial charge in [-0.1, -0.05) is 0 Å². The summed E-state index contributed by atoms with van der Waals surface area (Å²) < 4.78 is 0. The highest BCUT2D eigenvalue weighted by molar-refractivity contribution is 6.05. The van der Waals surface area contributed by atoms with Gasteiger partial charge in [0.15, 0.2) is 0 Å². The molecule has 160 valence electrons. The third kappa shape index (κ3) is 4.16. The van der Waals surface area contributed by atoms with Crippen molar-refractivity contribution >= 4 is 29.4 Å². The fourth-order valence-electron chi connectivity index (χ4n) is 4.44. The Morgan fingerprint density at radius 2 is 1.90 bits per heavy atom. The van der Waals surface area contributed by atoms with E-state index in [1.165, 1.54) is 0 Å². The molecule has 0 bridgehead atoms. The van der Waals surface area contributed by atoms with E-state index in [9.17, 15) is 19.2 Å². The highest BCUT2D eigenvalue weighted by atomic mass is 16.4. The average molecular weight is 414 g/mol. The lowest BCUT2D eigenvalue weighted by atomic mass is 10.0. The number of piperidine rings is 1. The van der Waals surface area contributed by atoms with E-state index in [0.29, 0.717) is 24.9 Å². The van der Waals surface area contributed by atoms with Crippen molar-refractivity contribution in [3.63, 3.8) is 0 Å². The van der Waals surface area contributed by atoms with Crippen LogP contribution in [-0.4, -0.2) is 77.4 Å². The molecule has 0 aliphatic carbocycles. The average Bonchev–Trinajstić information content (AvgIpc) is 3.04. The fraction of sp³-hybridized carbons (Fsp3) is 0.524. The topological polar surface area (TPSA) is 110 Å². The second kappa shape index (κ2) is 8.43. The first kappa shape index (κ1) is 20.3. The molecule has 2 fully saturated rings. The van der Waals surface area contributed by atoms with Gasteiger partial charge in [-0.05, 0) is 43.1 Å². The lowest BCUT2D eigenvalue weighted by Gasteiger charge is -2.36. The maximum absolute atomic E-state index is 12.8. The highest BCUT2D eigenvalue weighted by Gasteiger charge is 2.39. The molecule has 3 heterocycles. The van der Waals surface area contributed by atoms with Crippen LogP contribution in [0.1, 0.15) is 41.6 Å². The minimum atomic E-state index is -0.757. The van der Waals surface area contributed by atoms with Crippen LogP contribution in [0.5, 0.6) is 0 Å². The molecule has 3 aliphatic heterocycles. The Kier molecular flexibility index (Phi) is 5.72. The maximum atomic E-state index is 12.8. The fourth-order valence-corrected chi connectivity index (χ4v) is 4.44. The Bertz CT molecular complexity index is 878. The number of carbonyl (C=O) groups excluding carboxylic acids is 3. The van der Waals surface area contributed by atoms with Crippen molar-refractivity contribution in [2.24, 2.45) is 0 Å². The maximum Gasteiger partial charge on any atom is 0.303 e. The molecular formula is C21H26N4O5. The van der Waals surface area contributed by atoms with Crippen LogP contribution < -0.4 is 10.2 Å². The Morgan fingerprint density at radius 3 is 2.60 bits per heavy atom. The molecule has 0 spiro atoms. The Balaban J connectivity index is 1.37. The molecule has 0 aromatic heterocycles. The molecule has 0 radical (unpaired) electrons. The van der Waals surface area contributed by atoms with E-state index in [2.05, 4.69) is 15.1 Å². The van der Waals surface area contributed by atoms with Crippen LogP contribution in [0, 0.1) is 0 Å². The van der Waals surface area contributed by atoms with E-state index in [0.717, 1.165) is 44.0 Å². The second-order valence-electron chi connectivity index (χ2n) is 8.07. The first-order chi connectivity index (χ1) is 14.4. The molecular weight excluding hydrogens is 388 g/mol. The third-order valence-electron chi connectivity index (χ3n) is 6.11. The van der Waals surface area contributed by atoms with E-state index in [1.54, 1.807) is 4.90 Å². The van der Waals surface area contributed by atoms with E-state index in [1.807, 2.05) is 18.2 Å². The summed E-state index contributed by atoms with van der Waals surface area (Å²) in [5.74, 6) is -1.60. The molecule has 1 unspecified atom stereocenters. The van der Waals surface area contributed by atoms with Crippen molar-refractivity contribution in [3.8, 4) is 0 Å². The van der Waals surface area contributed by atoms with E-state index >= 15 is 0 Å². The summed E-state index contributed by atoms with van der Waals surface area (Å²) in [6.07, 6.45) is 1.47. The predicted molar refractivity (Wildman–Crippen MR) is 108 cm³/mol. The SMILES string of the molecule is O=C(O)CCCN1CCN(c2ccc3c(c2)CN(C2CCC(=O)NC2=O)C3=O)CC1. The number of hydrogen-bond acceptors (Lipinski definition) is 6. The Hall–Kier alpha value is -2.94. The van der Waals surface area contributed by atoms with Crippen molar-refractivity contribution in [1.29, 1.82) is 0 Å². The van der Waals surface area contributed by atoms with Gasteiger partial charge in [0.25, 0.3) is 5.91 Å². The molecule has 2 saturated heterocycles. The number of nitrogens with zero attached hydrogens (tertiary/aromatic N) is 3. The van der Waals surface area contributed by atoms with Gasteiger partial charge in [-0.15, -0.1) is 0 Å². The van der Waals surface area contributed by atoms with Crippen molar-refractivity contribution < 1.29 is 24.3 Å². The van der Waals surface area contributed by atoms with Gasteiger partial charge in [-0.3, -0.25) is 29.4 Å². The van der Waals surface area contributed by atoms with Gasteiger partial charge in [-0.2, -0.15) is 0 Å². The van der Waals surface area contributed by atoms with Gasteiger partial charge < -0.3 is 14.9 Å². The van der Waals surface area contributed by atoms with Crippen LogP contribution in [-0.2, 0) is 20.9 Å². The van der Waals surface area contributed by atoms with Crippen LogP contribution in [0.2, 0.25) is 0 Å². The first-order valence-electron chi connectivity index (χ1n) is 10.4. The van der Waals surface area contributed by atoms with Gasteiger partial charge in [0, 0.05) is 56.8 Å². The number of nitrogens with one attached hydrogen (secondary N) is 1. The van der Waals surface area contributed by atoms with Crippen LogP contribution in [0.3, 0.4) is 0 Å².